The van der Waals surface area contributed by atoms with Crippen LogP contribution < -0.4 is 5.73 Å². The van der Waals surface area contributed by atoms with Gasteiger partial charge in [-0.2, -0.15) is 0 Å². The summed E-state index contributed by atoms with van der Waals surface area (Å²) in [4.78, 5) is 14.5. The number of hydrogen-bond donors (Lipinski definition) is 2. The van der Waals surface area contributed by atoms with Crippen LogP contribution in [0.15, 0.2) is 12.3 Å². The summed E-state index contributed by atoms with van der Waals surface area (Å²) in [6.45, 7) is 7.19. The number of amides is 1. The molecule has 1 aliphatic heterocycles. The van der Waals surface area contributed by atoms with Crippen molar-refractivity contribution in [1.82, 2.24) is 9.47 Å². The fourth-order valence-electron chi connectivity index (χ4n) is 2.73. The minimum atomic E-state index is -0.659. The molecule has 1 amide bonds. The van der Waals surface area contributed by atoms with E-state index in [2.05, 4.69) is 0 Å². The molecule has 0 saturated carbocycles. The first-order valence-electron chi connectivity index (χ1n) is 7.29. The van der Waals surface area contributed by atoms with Gasteiger partial charge in [0.05, 0.1) is 11.3 Å². The highest BCUT2D eigenvalue weighted by molar-refractivity contribution is 5.94. The number of aliphatic hydroxyl groups is 1. The summed E-state index contributed by atoms with van der Waals surface area (Å²) >= 11 is 0. The number of carbonyl (C=O) groups excluding carboxylic acids is 1. The summed E-state index contributed by atoms with van der Waals surface area (Å²) in [5.74, 6) is 0.00750. The molecule has 1 aromatic rings. The highest BCUT2D eigenvalue weighted by Gasteiger charge is 2.28. The van der Waals surface area contributed by atoms with Gasteiger partial charge in [0.1, 0.15) is 5.69 Å². The van der Waals surface area contributed by atoms with Crippen molar-refractivity contribution in [2.75, 3.05) is 18.8 Å². The second kappa shape index (κ2) is 5.48. The maximum atomic E-state index is 12.7. The van der Waals surface area contributed by atoms with E-state index in [9.17, 15) is 9.90 Å². The Morgan fingerprint density at radius 3 is 2.75 bits per heavy atom. The molecule has 0 radical (unpaired) electrons. The van der Waals surface area contributed by atoms with Crippen molar-refractivity contribution in [2.45, 2.75) is 51.7 Å². The second-order valence-electron chi connectivity index (χ2n) is 6.30. The Hall–Kier alpha value is -1.49. The molecule has 1 atom stereocenters. The monoisotopic (exact) mass is 279 g/mol. The fraction of sp³-hybridized carbons (Fsp3) is 0.667. The topological polar surface area (TPSA) is 71.5 Å². The fourth-order valence-corrected chi connectivity index (χ4v) is 2.73. The number of aromatic nitrogens is 1. The van der Waals surface area contributed by atoms with Crippen LogP contribution in [-0.4, -0.2) is 39.2 Å². The van der Waals surface area contributed by atoms with Crippen LogP contribution in [0.25, 0.3) is 0 Å². The van der Waals surface area contributed by atoms with Gasteiger partial charge in [-0.1, -0.05) is 0 Å². The minimum absolute atomic E-state index is 0.00750. The van der Waals surface area contributed by atoms with Crippen molar-refractivity contribution in [3.05, 3.63) is 18.0 Å². The molecular weight excluding hydrogens is 254 g/mol. The van der Waals surface area contributed by atoms with Crippen molar-refractivity contribution >= 4 is 11.6 Å². The van der Waals surface area contributed by atoms with E-state index >= 15 is 0 Å². The van der Waals surface area contributed by atoms with Gasteiger partial charge in [-0.05, 0) is 46.1 Å². The van der Waals surface area contributed by atoms with E-state index in [1.54, 1.807) is 6.07 Å². The lowest BCUT2D eigenvalue weighted by atomic mass is 9.98. The Morgan fingerprint density at radius 1 is 1.40 bits per heavy atom. The van der Waals surface area contributed by atoms with Gasteiger partial charge in [0.15, 0.2) is 0 Å². The highest BCUT2D eigenvalue weighted by atomic mass is 16.3. The van der Waals surface area contributed by atoms with Gasteiger partial charge in [0.2, 0.25) is 0 Å². The maximum Gasteiger partial charge on any atom is 0.270 e. The number of nitrogen functional groups attached to an aromatic ring is 1. The van der Waals surface area contributed by atoms with Crippen LogP contribution in [-0.2, 0) is 0 Å². The molecule has 3 N–H and O–H groups in total. The summed E-state index contributed by atoms with van der Waals surface area (Å²) < 4.78 is 1.92. The first-order chi connectivity index (χ1) is 9.30. The molecule has 5 nitrogen and oxygen atoms in total. The molecule has 2 heterocycles. The Bertz CT molecular complexity index is 491. The molecule has 1 aromatic heterocycles. The molecule has 5 heteroatoms. The second-order valence-corrected chi connectivity index (χ2v) is 6.30. The molecule has 2 rings (SSSR count). The van der Waals surface area contributed by atoms with Crippen LogP contribution in [0.2, 0.25) is 0 Å². The zero-order valence-electron chi connectivity index (χ0n) is 12.6. The largest absolute Gasteiger partial charge is 0.397 e. The van der Waals surface area contributed by atoms with E-state index in [1.807, 2.05) is 36.4 Å². The number of hydrogen-bond acceptors (Lipinski definition) is 3. The van der Waals surface area contributed by atoms with Crippen molar-refractivity contribution in [3.8, 4) is 0 Å². The van der Waals surface area contributed by atoms with Gasteiger partial charge in [-0.15, -0.1) is 0 Å². The third kappa shape index (κ3) is 3.15. The molecule has 0 aliphatic carbocycles. The smallest absolute Gasteiger partial charge is 0.270 e. The van der Waals surface area contributed by atoms with E-state index in [-0.39, 0.29) is 11.9 Å². The summed E-state index contributed by atoms with van der Waals surface area (Å²) in [5, 5.41) is 10.1. The van der Waals surface area contributed by atoms with Crippen molar-refractivity contribution in [2.24, 2.45) is 0 Å². The van der Waals surface area contributed by atoms with Crippen LogP contribution in [0.5, 0.6) is 0 Å². The van der Waals surface area contributed by atoms with Gasteiger partial charge in [0, 0.05) is 25.3 Å². The summed E-state index contributed by atoms with van der Waals surface area (Å²) in [6.07, 6.45) is 4.00. The number of carbonyl (C=O) groups is 1. The third-order valence-corrected chi connectivity index (χ3v) is 4.00. The third-order valence-electron chi connectivity index (χ3n) is 4.00. The molecule has 1 saturated heterocycles. The minimum Gasteiger partial charge on any atom is -0.397 e. The average molecular weight is 279 g/mol. The molecule has 1 unspecified atom stereocenters. The predicted octanol–water partition coefficient (Wildman–Crippen LogP) is 2.03. The first-order valence-corrected chi connectivity index (χ1v) is 7.29. The summed E-state index contributed by atoms with van der Waals surface area (Å²) in [6, 6.07) is 1.94. The lowest BCUT2D eigenvalue weighted by Crippen LogP contribution is -2.34. The zero-order chi connectivity index (χ0) is 14.9. The molecule has 112 valence electrons. The van der Waals surface area contributed by atoms with Gasteiger partial charge >= 0.3 is 0 Å². The van der Waals surface area contributed by atoms with Crippen LogP contribution in [0, 0.1) is 0 Å². The summed E-state index contributed by atoms with van der Waals surface area (Å²) in [5.41, 5.74) is 6.42. The van der Waals surface area contributed by atoms with E-state index in [4.69, 9.17) is 5.73 Å². The highest BCUT2D eigenvalue weighted by Crippen LogP contribution is 2.24. The van der Waals surface area contributed by atoms with E-state index in [1.165, 1.54) is 0 Å². The zero-order valence-corrected chi connectivity index (χ0v) is 12.6. The van der Waals surface area contributed by atoms with E-state index in [0.717, 1.165) is 12.8 Å². The maximum absolute atomic E-state index is 12.7. The van der Waals surface area contributed by atoms with Gasteiger partial charge in [-0.3, -0.25) is 4.79 Å². The van der Waals surface area contributed by atoms with Gasteiger partial charge in [-0.25, -0.2) is 0 Å². The number of likely N-dealkylation sites (tertiary alicyclic amines) is 1. The summed E-state index contributed by atoms with van der Waals surface area (Å²) in [7, 11) is 0. The molecule has 0 bridgehead atoms. The molecular formula is C15H25N3O2. The van der Waals surface area contributed by atoms with Crippen LogP contribution in [0.4, 0.5) is 5.69 Å². The van der Waals surface area contributed by atoms with Crippen LogP contribution in [0.3, 0.4) is 0 Å². The molecule has 1 aliphatic rings. The quantitative estimate of drug-likeness (QED) is 0.870. The Balaban J connectivity index is 2.19. The Labute approximate surface area is 120 Å². The number of rotatable bonds is 2. The molecule has 1 fully saturated rings. The normalized spacial score (nSPS) is 23.9. The lowest BCUT2D eigenvalue weighted by molar-refractivity contribution is 0.0436. The SMILES string of the molecule is CC(C)n1cc(N)cc1C(=O)N1CCCC(C)(O)CC1. The number of anilines is 1. The standard InChI is InChI=1S/C15H25N3O2/c1-11(2)18-10-12(16)9-13(18)14(19)17-7-4-5-15(3,20)6-8-17/h9-11,20H,4-8,16H2,1-3H3. The van der Waals surface area contributed by atoms with Crippen molar-refractivity contribution < 1.29 is 9.90 Å². The lowest BCUT2D eigenvalue weighted by Gasteiger charge is -2.23. The number of nitrogens with zero attached hydrogens (tertiary/aromatic N) is 2. The Morgan fingerprint density at radius 2 is 2.10 bits per heavy atom. The molecule has 0 aromatic carbocycles. The first kappa shape index (κ1) is 14.9. The van der Waals surface area contributed by atoms with Crippen molar-refractivity contribution in [3.63, 3.8) is 0 Å². The predicted molar refractivity (Wildman–Crippen MR) is 79.6 cm³/mol. The van der Waals surface area contributed by atoms with Crippen molar-refractivity contribution in [1.29, 1.82) is 0 Å². The van der Waals surface area contributed by atoms with E-state index in [0.29, 0.717) is 30.9 Å². The van der Waals surface area contributed by atoms with E-state index < -0.39 is 5.60 Å². The van der Waals surface area contributed by atoms with Gasteiger partial charge < -0.3 is 20.3 Å². The van der Waals surface area contributed by atoms with Crippen LogP contribution in [0.1, 0.15) is 56.6 Å². The molecule has 0 spiro atoms. The average Bonchev–Trinajstić information content (AvgIpc) is 2.65. The Kier molecular flexibility index (Phi) is 4.09. The van der Waals surface area contributed by atoms with Crippen LogP contribution >= 0.6 is 0 Å². The number of nitrogens with two attached hydrogens (primary N) is 1. The molecule has 20 heavy (non-hydrogen) atoms. The van der Waals surface area contributed by atoms with Gasteiger partial charge in [0.25, 0.3) is 5.91 Å².